The Balaban J connectivity index is 1.40. The van der Waals surface area contributed by atoms with Gasteiger partial charge in [0.2, 0.25) is 0 Å². The third-order valence-electron chi connectivity index (χ3n) is 7.12. The van der Waals surface area contributed by atoms with Crippen LogP contribution >= 0.6 is 0 Å². The molecule has 4 aromatic heterocycles. The largest absolute Gasteiger partial charge is 0.465 e. The lowest BCUT2D eigenvalue weighted by Gasteiger charge is -2.45. The van der Waals surface area contributed by atoms with Crippen molar-refractivity contribution >= 4 is 34.0 Å². The second-order valence-electron chi connectivity index (χ2n) is 8.99. The van der Waals surface area contributed by atoms with Crippen molar-refractivity contribution in [1.29, 1.82) is 0 Å². The molecule has 0 atom stereocenters. The van der Waals surface area contributed by atoms with E-state index >= 15 is 0 Å². The molecule has 5 aromatic rings. The van der Waals surface area contributed by atoms with Crippen LogP contribution in [0.4, 0.5) is 10.6 Å². The maximum Gasteiger partial charge on any atom is 0.407 e. The van der Waals surface area contributed by atoms with Crippen molar-refractivity contribution in [2.75, 3.05) is 25.0 Å². The number of rotatable bonds is 4. The number of carboxylic acid groups (broad SMARTS) is 1. The second-order valence-corrected chi connectivity index (χ2v) is 8.99. The first-order valence-electron chi connectivity index (χ1n) is 11.4. The average molecular weight is 472 g/mol. The molecule has 0 unspecified atom stereocenters. The maximum atomic E-state index is 12.2. The van der Waals surface area contributed by atoms with Crippen LogP contribution < -0.4 is 4.90 Å². The zero-order valence-electron chi connectivity index (χ0n) is 19.4. The Labute approximate surface area is 200 Å². The quantitative estimate of drug-likeness (QED) is 0.366. The SMILES string of the molecule is CN(C(=O)O)C1(c2nc3c(-c4cnn(C)c4)cccc3[nH]2)CCN(c2ncnc3[nH]ccc23)CC1. The third-order valence-corrected chi connectivity index (χ3v) is 7.12. The van der Waals surface area contributed by atoms with Crippen LogP contribution in [0.2, 0.25) is 0 Å². The predicted octanol–water partition coefficient (Wildman–Crippen LogP) is 3.34. The highest BCUT2D eigenvalue weighted by Crippen LogP contribution is 2.40. The fourth-order valence-corrected chi connectivity index (χ4v) is 5.16. The Morgan fingerprint density at radius 3 is 2.77 bits per heavy atom. The molecule has 0 radical (unpaired) electrons. The van der Waals surface area contributed by atoms with E-state index < -0.39 is 11.6 Å². The Morgan fingerprint density at radius 2 is 2.03 bits per heavy atom. The Bertz CT molecular complexity index is 1540. The summed E-state index contributed by atoms with van der Waals surface area (Å²) in [6, 6.07) is 7.92. The van der Waals surface area contributed by atoms with Gasteiger partial charge in [-0.2, -0.15) is 5.10 Å². The number of aryl methyl sites for hydroxylation is 1. The first kappa shape index (κ1) is 21.1. The molecule has 1 aliphatic heterocycles. The van der Waals surface area contributed by atoms with E-state index in [4.69, 9.17) is 4.98 Å². The van der Waals surface area contributed by atoms with E-state index in [0.29, 0.717) is 31.8 Å². The number of amides is 1. The van der Waals surface area contributed by atoms with E-state index in [9.17, 15) is 9.90 Å². The molecular weight excluding hydrogens is 446 g/mol. The van der Waals surface area contributed by atoms with E-state index in [1.807, 2.05) is 49.9 Å². The van der Waals surface area contributed by atoms with Gasteiger partial charge in [-0.05, 0) is 25.0 Å². The van der Waals surface area contributed by atoms with Crippen LogP contribution in [-0.4, -0.2) is 70.9 Å². The van der Waals surface area contributed by atoms with E-state index in [-0.39, 0.29) is 0 Å². The monoisotopic (exact) mass is 471 g/mol. The lowest BCUT2D eigenvalue weighted by Crippen LogP contribution is -2.54. The van der Waals surface area contributed by atoms with Gasteiger partial charge in [-0.25, -0.2) is 19.7 Å². The maximum absolute atomic E-state index is 12.2. The van der Waals surface area contributed by atoms with E-state index in [0.717, 1.165) is 39.0 Å². The van der Waals surface area contributed by atoms with Gasteiger partial charge >= 0.3 is 6.09 Å². The van der Waals surface area contributed by atoms with Crippen molar-refractivity contribution in [3.05, 3.63) is 55.0 Å². The number of imidazole rings is 1. The fourth-order valence-electron chi connectivity index (χ4n) is 5.16. The lowest BCUT2D eigenvalue weighted by molar-refractivity contribution is 0.0694. The number of para-hydroxylation sites is 1. The smallest absolute Gasteiger partial charge is 0.407 e. The molecule has 1 fully saturated rings. The van der Waals surface area contributed by atoms with Gasteiger partial charge in [0.15, 0.2) is 0 Å². The number of nitrogens with one attached hydrogen (secondary N) is 2. The summed E-state index contributed by atoms with van der Waals surface area (Å²) in [4.78, 5) is 36.2. The van der Waals surface area contributed by atoms with E-state index in [1.54, 1.807) is 18.1 Å². The van der Waals surface area contributed by atoms with Crippen LogP contribution in [0, 0.1) is 0 Å². The van der Waals surface area contributed by atoms with Gasteiger partial charge in [0.05, 0.1) is 22.6 Å². The zero-order valence-corrected chi connectivity index (χ0v) is 19.4. The van der Waals surface area contributed by atoms with E-state index in [2.05, 4.69) is 29.9 Å². The number of hydrogen-bond acceptors (Lipinski definition) is 6. The van der Waals surface area contributed by atoms with Gasteiger partial charge in [0.25, 0.3) is 0 Å². The molecule has 0 spiro atoms. The summed E-state index contributed by atoms with van der Waals surface area (Å²) in [5, 5.41) is 15.2. The topological polar surface area (TPSA) is 132 Å². The summed E-state index contributed by atoms with van der Waals surface area (Å²) >= 11 is 0. The second kappa shape index (κ2) is 7.83. The number of nitrogens with zero attached hydrogens (tertiary/aromatic N) is 7. The molecule has 1 aliphatic rings. The number of aromatic nitrogens is 7. The van der Waals surface area contributed by atoms with Gasteiger partial charge in [-0.15, -0.1) is 0 Å². The molecule has 0 bridgehead atoms. The van der Waals surface area contributed by atoms with Crippen molar-refractivity contribution in [2.24, 2.45) is 7.05 Å². The number of hydrogen-bond donors (Lipinski definition) is 3. The summed E-state index contributed by atoms with van der Waals surface area (Å²) in [5.41, 5.74) is 3.59. The number of H-pyrrole nitrogens is 2. The molecule has 178 valence electrons. The third kappa shape index (κ3) is 3.30. The summed E-state index contributed by atoms with van der Waals surface area (Å²) in [6.45, 7) is 1.25. The predicted molar refractivity (Wildman–Crippen MR) is 131 cm³/mol. The van der Waals surface area contributed by atoms with Gasteiger partial charge in [-0.1, -0.05) is 12.1 Å². The number of anilines is 1. The first-order chi connectivity index (χ1) is 17.0. The molecule has 0 aliphatic carbocycles. The molecule has 6 rings (SSSR count). The molecule has 1 saturated heterocycles. The van der Waals surface area contributed by atoms with Crippen LogP contribution in [0.5, 0.6) is 0 Å². The molecule has 11 heteroatoms. The Hall–Kier alpha value is -4.41. The Morgan fingerprint density at radius 1 is 1.20 bits per heavy atom. The highest BCUT2D eigenvalue weighted by atomic mass is 16.4. The lowest BCUT2D eigenvalue weighted by atomic mass is 9.85. The molecule has 35 heavy (non-hydrogen) atoms. The van der Waals surface area contributed by atoms with Gasteiger partial charge < -0.3 is 20.0 Å². The standard InChI is InChI=1S/C24H25N9O2/c1-31-13-15(12-28-31)16-4-3-5-18-19(16)30-22(29-18)24(32(2)23(34)35)7-10-33(11-8-24)21-17-6-9-25-20(17)26-14-27-21/h3-6,9,12-14H,7-8,10-11H2,1-2H3,(H,29,30)(H,34,35)(H,25,26,27). The minimum atomic E-state index is -0.985. The molecule has 3 N–H and O–H groups in total. The van der Waals surface area contributed by atoms with Crippen molar-refractivity contribution in [1.82, 2.24) is 39.6 Å². The summed E-state index contributed by atoms with van der Waals surface area (Å²) < 4.78 is 1.76. The molecule has 11 nitrogen and oxygen atoms in total. The van der Waals surface area contributed by atoms with Gasteiger partial charge in [0.1, 0.15) is 29.2 Å². The molecule has 5 heterocycles. The van der Waals surface area contributed by atoms with Crippen LogP contribution in [0.25, 0.3) is 33.2 Å². The average Bonchev–Trinajstić information content (AvgIpc) is 3.62. The zero-order chi connectivity index (χ0) is 24.2. The highest BCUT2D eigenvalue weighted by Gasteiger charge is 2.45. The van der Waals surface area contributed by atoms with Gasteiger partial charge in [-0.3, -0.25) is 9.58 Å². The van der Waals surface area contributed by atoms with Crippen molar-refractivity contribution in [3.63, 3.8) is 0 Å². The minimum absolute atomic E-state index is 0.563. The summed E-state index contributed by atoms with van der Waals surface area (Å²) in [5.74, 6) is 1.51. The van der Waals surface area contributed by atoms with Gasteiger partial charge in [0, 0.05) is 50.7 Å². The van der Waals surface area contributed by atoms with E-state index in [1.165, 1.54) is 4.90 Å². The normalized spacial score (nSPS) is 15.7. The summed E-state index contributed by atoms with van der Waals surface area (Å²) in [6.07, 6.45) is 7.31. The molecule has 0 saturated carbocycles. The Kier molecular flexibility index (Phi) is 4.73. The van der Waals surface area contributed by atoms with Crippen LogP contribution in [-0.2, 0) is 12.6 Å². The minimum Gasteiger partial charge on any atom is -0.465 e. The number of carbonyl (C=O) groups is 1. The van der Waals surface area contributed by atoms with Crippen molar-refractivity contribution < 1.29 is 9.90 Å². The molecule has 1 amide bonds. The molecular formula is C24H25N9O2. The van der Waals surface area contributed by atoms with Crippen LogP contribution in [0.15, 0.2) is 49.2 Å². The first-order valence-corrected chi connectivity index (χ1v) is 11.4. The fraction of sp³-hybridized carbons (Fsp3) is 0.292. The summed E-state index contributed by atoms with van der Waals surface area (Å²) in [7, 11) is 3.51. The van der Waals surface area contributed by atoms with Crippen LogP contribution in [0.3, 0.4) is 0 Å². The van der Waals surface area contributed by atoms with Crippen molar-refractivity contribution in [3.8, 4) is 11.1 Å². The molecule has 1 aromatic carbocycles. The number of aromatic amines is 2. The number of fused-ring (bicyclic) bond motifs is 2. The highest BCUT2D eigenvalue weighted by molar-refractivity contribution is 5.92. The van der Waals surface area contributed by atoms with Crippen molar-refractivity contribution in [2.45, 2.75) is 18.4 Å². The number of piperidine rings is 1. The van der Waals surface area contributed by atoms with Crippen LogP contribution in [0.1, 0.15) is 18.7 Å². The number of benzene rings is 1.